The van der Waals surface area contributed by atoms with Crippen molar-refractivity contribution >= 4 is 9.12 Å². The van der Waals surface area contributed by atoms with Gasteiger partial charge in [0.2, 0.25) is 0 Å². The minimum atomic E-state index is -1.16. The fraction of sp³-hybridized carbons (Fsp3) is 1.00. The zero-order valence-electron chi connectivity index (χ0n) is 8.33. The maximum atomic E-state index is 5.98. The van der Waals surface area contributed by atoms with Gasteiger partial charge in [0.05, 0.1) is 28.2 Å². The standard InChI is InChI=1S/C6H22N4Si/c1-6-11(9(2,3)7)10(4,5)8/h11H,6-8H2,1-5H3/q+2. The molecule has 5 heteroatoms. The molecule has 0 saturated heterocycles. The van der Waals surface area contributed by atoms with Crippen LogP contribution in [0.4, 0.5) is 0 Å². The summed E-state index contributed by atoms with van der Waals surface area (Å²) in [5.41, 5.74) is 0. The molecule has 0 aliphatic heterocycles. The maximum Gasteiger partial charge on any atom is 0.544 e. The topological polar surface area (TPSA) is 52.0 Å². The van der Waals surface area contributed by atoms with Crippen LogP contribution in [0.25, 0.3) is 0 Å². The van der Waals surface area contributed by atoms with Crippen LogP contribution in [0.15, 0.2) is 0 Å². The number of hydrogen-bond acceptors (Lipinski definition) is 2. The lowest BCUT2D eigenvalue weighted by Gasteiger charge is -2.37. The van der Waals surface area contributed by atoms with E-state index in [2.05, 4.69) is 6.92 Å². The normalized spacial score (nSPS) is 14.2. The zero-order chi connectivity index (χ0) is 9.28. The summed E-state index contributed by atoms with van der Waals surface area (Å²) >= 11 is 0. The Morgan fingerprint density at radius 1 is 1.00 bits per heavy atom. The molecular formula is C6H22N4Si+2. The lowest BCUT2D eigenvalue weighted by Crippen LogP contribution is -2.73. The summed E-state index contributed by atoms with van der Waals surface area (Å²) in [5.74, 6) is 12.0. The van der Waals surface area contributed by atoms with E-state index in [-0.39, 0.29) is 0 Å². The second-order valence-electron chi connectivity index (χ2n) is 4.15. The summed E-state index contributed by atoms with van der Waals surface area (Å²) in [7, 11) is 6.93. The van der Waals surface area contributed by atoms with Crippen LogP contribution >= 0.6 is 0 Å². The van der Waals surface area contributed by atoms with E-state index >= 15 is 0 Å². The van der Waals surface area contributed by atoms with Crippen LogP contribution in [-0.2, 0) is 0 Å². The van der Waals surface area contributed by atoms with Crippen molar-refractivity contribution in [3.8, 4) is 0 Å². The van der Waals surface area contributed by atoms with E-state index in [0.717, 1.165) is 6.04 Å². The molecule has 0 saturated carbocycles. The minimum absolute atomic E-state index is 0.556. The molecule has 0 rings (SSSR count). The summed E-state index contributed by atoms with van der Waals surface area (Å²) in [6.45, 7) is 2.16. The number of nitrogens with zero attached hydrogens (tertiary/aromatic N) is 2. The molecule has 0 aliphatic rings. The molecule has 0 bridgehead atoms. The summed E-state index contributed by atoms with van der Waals surface area (Å²) in [6.07, 6.45) is 0. The van der Waals surface area contributed by atoms with Gasteiger partial charge in [-0.2, -0.15) is 11.7 Å². The Morgan fingerprint density at radius 2 is 1.27 bits per heavy atom. The van der Waals surface area contributed by atoms with Gasteiger partial charge >= 0.3 is 9.12 Å². The Morgan fingerprint density at radius 3 is 1.27 bits per heavy atom. The molecule has 0 unspecified atom stereocenters. The van der Waals surface area contributed by atoms with Gasteiger partial charge in [-0.1, -0.05) is 6.92 Å². The minimum Gasteiger partial charge on any atom is -0.265 e. The van der Waals surface area contributed by atoms with Crippen molar-refractivity contribution in [2.75, 3.05) is 28.2 Å². The number of nitrogens with two attached hydrogens (primary N) is 2. The van der Waals surface area contributed by atoms with Gasteiger partial charge in [-0.05, 0) is 0 Å². The molecule has 4 N–H and O–H groups in total. The summed E-state index contributed by atoms with van der Waals surface area (Å²) in [6, 6.07) is 1.12. The third kappa shape index (κ3) is 3.30. The van der Waals surface area contributed by atoms with E-state index in [1.807, 2.05) is 28.2 Å². The molecular weight excluding hydrogens is 156 g/mol. The third-order valence-electron chi connectivity index (χ3n) is 1.90. The molecule has 0 aliphatic carbocycles. The molecule has 68 valence electrons. The van der Waals surface area contributed by atoms with Crippen molar-refractivity contribution in [3.05, 3.63) is 0 Å². The molecule has 0 radical (unpaired) electrons. The lowest BCUT2D eigenvalue weighted by atomic mass is 11.0. The zero-order valence-corrected chi connectivity index (χ0v) is 9.49. The molecule has 0 aromatic heterocycles. The number of quaternary nitrogens is 2. The van der Waals surface area contributed by atoms with Crippen LogP contribution in [0.5, 0.6) is 0 Å². The van der Waals surface area contributed by atoms with Crippen LogP contribution in [0.3, 0.4) is 0 Å². The highest BCUT2D eigenvalue weighted by Gasteiger charge is 2.43. The molecule has 11 heavy (non-hydrogen) atoms. The first-order chi connectivity index (χ1) is 4.69. The quantitative estimate of drug-likeness (QED) is 0.335. The average molecular weight is 178 g/mol. The van der Waals surface area contributed by atoms with Crippen LogP contribution in [0.1, 0.15) is 6.92 Å². The molecule has 0 amide bonds. The van der Waals surface area contributed by atoms with E-state index in [1.54, 1.807) is 0 Å². The molecule has 0 fully saturated rings. The maximum absolute atomic E-state index is 5.98. The SMILES string of the molecule is CC[SiH]([N+](C)(C)N)[N+](C)(C)N. The van der Waals surface area contributed by atoms with Crippen LogP contribution < -0.4 is 11.7 Å². The van der Waals surface area contributed by atoms with Crippen molar-refractivity contribution < 1.29 is 8.52 Å². The summed E-state index contributed by atoms with van der Waals surface area (Å²) < 4.78 is 1.11. The van der Waals surface area contributed by atoms with Gasteiger partial charge in [0.1, 0.15) is 0 Å². The Kier molecular flexibility index (Phi) is 3.22. The Hall–Kier alpha value is 0.0569. The van der Waals surface area contributed by atoms with Gasteiger partial charge in [-0.15, -0.1) is 0 Å². The molecule has 0 atom stereocenters. The van der Waals surface area contributed by atoms with Gasteiger partial charge in [0.25, 0.3) is 0 Å². The first kappa shape index (κ1) is 11.1. The number of hydrogen-bond donors (Lipinski definition) is 2. The fourth-order valence-corrected chi connectivity index (χ4v) is 5.12. The fourth-order valence-electron chi connectivity index (χ4n) is 1.71. The van der Waals surface area contributed by atoms with Crippen LogP contribution in [-0.4, -0.2) is 45.8 Å². The second-order valence-corrected chi connectivity index (χ2v) is 8.59. The van der Waals surface area contributed by atoms with E-state index in [4.69, 9.17) is 11.7 Å². The molecule has 0 aromatic carbocycles. The molecule has 4 nitrogen and oxygen atoms in total. The van der Waals surface area contributed by atoms with Crippen molar-refractivity contribution in [2.45, 2.75) is 13.0 Å². The van der Waals surface area contributed by atoms with Gasteiger partial charge in [-0.3, -0.25) is 8.52 Å². The average Bonchev–Trinajstić information content (AvgIpc) is 1.56. The van der Waals surface area contributed by atoms with E-state index in [1.165, 1.54) is 0 Å². The van der Waals surface area contributed by atoms with E-state index in [0.29, 0.717) is 8.52 Å². The van der Waals surface area contributed by atoms with E-state index in [9.17, 15) is 0 Å². The molecule has 0 aromatic rings. The third-order valence-corrected chi connectivity index (χ3v) is 5.70. The predicted octanol–water partition coefficient (Wildman–Crippen LogP) is -0.873. The van der Waals surface area contributed by atoms with Gasteiger partial charge in [0, 0.05) is 6.04 Å². The van der Waals surface area contributed by atoms with Gasteiger partial charge in [-0.25, -0.2) is 0 Å². The van der Waals surface area contributed by atoms with Crippen LogP contribution in [0, 0.1) is 0 Å². The van der Waals surface area contributed by atoms with E-state index < -0.39 is 9.12 Å². The van der Waals surface area contributed by atoms with Crippen molar-refractivity contribution in [1.82, 2.24) is 0 Å². The molecule has 0 heterocycles. The monoisotopic (exact) mass is 178 g/mol. The first-order valence-corrected chi connectivity index (χ1v) is 5.79. The van der Waals surface area contributed by atoms with Crippen molar-refractivity contribution in [2.24, 2.45) is 11.7 Å². The Labute approximate surface area is 71.3 Å². The molecule has 0 spiro atoms. The largest absolute Gasteiger partial charge is 0.544 e. The smallest absolute Gasteiger partial charge is 0.265 e. The Balaban J connectivity index is 4.43. The van der Waals surface area contributed by atoms with Gasteiger partial charge in [0.15, 0.2) is 0 Å². The lowest BCUT2D eigenvalue weighted by molar-refractivity contribution is -0.913. The second kappa shape index (κ2) is 3.20. The van der Waals surface area contributed by atoms with Crippen molar-refractivity contribution in [1.29, 1.82) is 0 Å². The van der Waals surface area contributed by atoms with Crippen molar-refractivity contribution in [3.63, 3.8) is 0 Å². The first-order valence-electron chi connectivity index (χ1n) is 3.94. The van der Waals surface area contributed by atoms with Gasteiger partial charge < -0.3 is 0 Å². The summed E-state index contributed by atoms with van der Waals surface area (Å²) in [5, 5.41) is 0. The Bertz CT molecular complexity index is 110. The predicted molar refractivity (Wildman–Crippen MR) is 50.2 cm³/mol. The highest BCUT2D eigenvalue weighted by atomic mass is 28.3. The summed E-state index contributed by atoms with van der Waals surface area (Å²) in [4.78, 5) is 0. The van der Waals surface area contributed by atoms with Crippen LogP contribution in [0.2, 0.25) is 6.04 Å². The highest BCUT2D eigenvalue weighted by molar-refractivity contribution is 6.42. The number of rotatable bonds is 3. The highest BCUT2D eigenvalue weighted by Crippen LogP contribution is 2.06.